The molecule has 0 radical (unpaired) electrons. The number of piperazine rings is 1. The van der Waals surface area contributed by atoms with Gasteiger partial charge < -0.3 is 10.2 Å². The van der Waals surface area contributed by atoms with E-state index in [1.54, 1.807) is 0 Å². The summed E-state index contributed by atoms with van der Waals surface area (Å²) in [6.45, 7) is 10.1. The zero-order valence-electron chi connectivity index (χ0n) is 16.1. The summed E-state index contributed by atoms with van der Waals surface area (Å²) in [6.07, 6.45) is 2.07. The van der Waals surface area contributed by atoms with Crippen LogP contribution in [0, 0.1) is 13.8 Å². The molecule has 2 heterocycles. The third kappa shape index (κ3) is 5.32. The summed E-state index contributed by atoms with van der Waals surface area (Å²) in [5, 5.41) is 9.79. The molecule has 27 heavy (non-hydrogen) atoms. The molecule has 0 aliphatic carbocycles. The highest BCUT2D eigenvalue weighted by Crippen LogP contribution is 2.18. The number of aromatic nitrogens is 2. The summed E-state index contributed by atoms with van der Waals surface area (Å²) in [5.74, 6) is -0.127. The van der Waals surface area contributed by atoms with Gasteiger partial charge in [-0.2, -0.15) is 5.10 Å². The van der Waals surface area contributed by atoms with E-state index >= 15 is 0 Å². The summed E-state index contributed by atoms with van der Waals surface area (Å²) < 4.78 is 0.742. The Balaban J connectivity index is 1.31. The Morgan fingerprint density at radius 2 is 2.00 bits per heavy atom. The van der Waals surface area contributed by atoms with E-state index in [2.05, 4.69) is 72.4 Å². The highest BCUT2D eigenvalue weighted by atomic mass is 79.9. The number of anilines is 1. The van der Waals surface area contributed by atoms with E-state index in [-0.39, 0.29) is 5.91 Å². The summed E-state index contributed by atoms with van der Waals surface area (Å²) >= 11 is 3.39. The number of aromatic amines is 1. The number of rotatable bonds is 7. The van der Waals surface area contributed by atoms with Gasteiger partial charge in [0.25, 0.3) is 5.91 Å². The van der Waals surface area contributed by atoms with Crippen LogP contribution in [0.1, 0.15) is 34.6 Å². The van der Waals surface area contributed by atoms with E-state index in [9.17, 15) is 4.79 Å². The summed E-state index contributed by atoms with van der Waals surface area (Å²) in [7, 11) is 0. The van der Waals surface area contributed by atoms with Crippen molar-refractivity contribution in [3.05, 3.63) is 45.7 Å². The Morgan fingerprint density at radius 1 is 1.22 bits per heavy atom. The average molecular weight is 434 g/mol. The molecule has 0 atom stereocenters. The van der Waals surface area contributed by atoms with Crippen LogP contribution in [-0.2, 0) is 0 Å². The lowest BCUT2D eigenvalue weighted by molar-refractivity contribution is 0.0946. The maximum absolute atomic E-state index is 12.1. The molecule has 2 aromatic rings. The largest absolute Gasteiger partial charge is 0.369 e. The third-order valence-electron chi connectivity index (χ3n) is 5.01. The molecule has 7 heteroatoms. The number of H-pyrrole nitrogens is 1. The second-order valence-corrected chi connectivity index (χ2v) is 7.93. The van der Waals surface area contributed by atoms with E-state index in [1.165, 1.54) is 11.3 Å². The number of nitrogens with zero attached hydrogens (tertiary/aromatic N) is 3. The second kappa shape index (κ2) is 9.37. The first-order valence-corrected chi connectivity index (χ1v) is 10.4. The number of unbranched alkanes of at least 4 members (excludes halogenated alkanes) is 1. The van der Waals surface area contributed by atoms with Gasteiger partial charge in [-0.1, -0.05) is 12.1 Å². The second-order valence-electron chi connectivity index (χ2n) is 7.14. The Bertz CT molecular complexity index is 767. The molecule has 0 spiro atoms. The highest BCUT2D eigenvalue weighted by molar-refractivity contribution is 9.10. The number of hydrogen-bond donors (Lipinski definition) is 2. The van der Waals surface area contributed by atoms with Gasteiger partial charge in [-0.15, -0.1) is 0 Å². The topological polar surface area (TPSA) is 64.3 Å². The van der Waals surface area contributed by atoms with Crippen molar-refractivity contribution in [2.24, 2.45) is 0 Å². The van der Waals surface area contributed by atoms with Gasteiger partial charge in [0.1, 0.15) is 0 Å². The number of benzene rings is 1. The van der Waals surface area contributed by atoms with Crippen molar-refractivity contribution < 1.29 is 4.79 Å². The molecule has 0 saturated carbocycles. The molecule has 1 aliphatic rings. The number of carbonyl (C=O) groups is 1. The van der Waals surface area contributed by atoms with Gasteiger partial charge in [-0.05, 0) is 66.9 Å². The van der Waals surface area contributed by atoms with Crippen LogP contribution in [0.5, 0.6) is 0 Å². The molecular weight excluding hydrogens is 406 g/mol. The molecule has 1 saturated heterocycles. The smallest absolute Gasteiger partial charge is 0.272 e. The van der Waals surface area contributed by atoms with Crippen LogP contribution in [0.2, 0.25) is 0 Å². The molecule has 1 fully saturated rings. The zero-order chi connectivity index (χ0) is 19.2. The number of halogens is 1. The van der Waals surface area contributed by atoms with Crippen LogP contribution in [0.15, 0.2) is 28.7 Å². The predicted molar refractivity (Wildman–Crippen MR) is 112 cm³/mol. The van der Waals surface area contributed by atoms with Crippen molar-refractivity contribution in [1.29, 1.82) is 0 Å². The first kappa shape index (κ1) is 19.9. The molecule has 3 rings (SSSR count). The van der Waals surface area contributed by atoms with E-state index < -0.39 is 0 Å². The van der Waals surface area contributed by atoms with Crippen LogP contribution in [-0.4, -0.2) is 60.3 Å². The van der Waals surface area contributed by atoms with Crippen molar-refractivity contribution in [3.63, 3.8) is 0 Å². The minimum absolute atomic E-state index is 0.127. The minimum Gasteiger partial charge on any atom is -0.369 e. The predicted octanol–water partition coefficient (Wildman–Crippen LogP) is 3.12. The molecular formula is C20H28BrN5O. The maximum atomic E-state index is 12.1. The van der Waals surface area contributed by atoms with E-state index in [1.807, 2.05) is 6.92 Å². The summed E-state index contributed by atoms with van der Waals surface area (Å²) in [6, 6.07) is 8.74. The maximum Gasteiger partial charge on any atom is 0.272 e. The van der Waals surface area contributed by atoms with Gasteiger partial charge >= 0.3 is 0 Å². The van der Waals surface area contributed by atoms with Crippen molar-refractivity contribution in [2.75, 3.05) is 44.2 Å². The molecule has 146 valence electrons. The fourth-order valence-corrected chi connectivity index (χ4v) is 3.72. The first-order chi connectivity index (χ1) is 13.0. The Labute approximate surface area is 169 Å². The van der Waals surface area contributed by atoms with Crippen LogP contribution < -0.4 is 10.2 Å². The monoisotopic (exact) mass is 433 g/mol. The molecule has 1 aromatic heterocycles. The van der Waals surface area contributed by atoms with E-state index in [4.69, 9.17) is 0 Å². The van der Waals surface area contributed by atoms with Crippen molar-refractivity contribution in [2.45, 2.75) is 26.7 Å². The summed E-state index contributed by atoms with van der Waals surface area (Å²) in [4.78, 5) is 17.1. The molecule has 1 aromatic carbocycles. The number of amides is 1. The SMILES string of the molecule is Cc1cccc(N2CCN(CCCCNC(=O)c3n[nH]c(C)c3Br)CC2)c1. The number of aryl methyl sites for hydroxylation is 2. The Kier molecular flexibility index (Phi) is 6.90. The number of nitrogens with one attached hydrogen (secondary N) is 2. The van der Waals surface area contributed by atoms with Gasteiger partial charge in [0, 0.05) is 44.1 Å². The van der Waals surface area contributed by atoms with Crippen LogP contribution in [0.25, 0.3) is 0 Å². The standard InChI is InChI=1S/C20H28BrN5O/c1-15-6-5-7-17(14-15)26-12-10-25(11-13-26)9-4-3-8-22-20(27)19-18(21)16(2)23-24-19/h5-7,14H,3-4,8-13H2,1-2H3,(H,22,27)(H,23,24). The summed E-state index contributed by atoms with van der Waals surface area (Å²) in [5.41, 5.74) is 3.94. The first-order valence-electron chi connectivity index (χ1n) is 9.57. The Morgan fingerprint density at radius 3 is 2.67 bits per heavy atom. The van der Waals surface area contributed by atoms with Gasteiger partial charge in [0.2, 0.25) is 0 Å². The number of hydrogen-bond acceptors (Lipinski definition) is 4. The molecule has 1 aliphatic heterocycles. The van der Waals surface area contributed by atoms with Crippen LogP contribution >= 0.6 is 15.9 Å². The zero-order valence-corrected chi connectivity index (χ0v) is 17.7. The van der Waals surface area contributed by atoms with E-state index in [0.29, 0.717) is 12.2 Å². The molecule has 0 unspecified atom stereocenters. The highest BCUT2D eigenvalue weighted by Gasteiger charge is 2.17. The van der Waals surface area contributed by atoms with Crippen molar-refractivity contribution in [1.82, 2.24) is 20.4 Å². The van der Waals surface area contributed by atoms with Gasteiger partial charge in [-0.25, -0.2) is 0 Å². The molecule has 2 N–H and O–H groups in total. The van der Waals surface area contributed by atoms with Crippen molar-refractivity contribution in [3.8, 4) is 0 Å². The fourth-order valence-electron chi connectivity index (χ4n) is 3.37. The normalized spacial score (nSPS) is 15.1. The lowest BCUT2D eigenvalue weighted by Gasteiger charge is -2.36. The van der Waals surface area contributed by atoms with Crippen molar-refractivity contribution >= 4 is 27.5 Å². The lowest BCUT2D eigenvalue weighted by atomic mass is 10.2. The fraction of sp³-hybridized carbons (Fsp3) is 0.500. The third-order valence-corrected chi connectivity index (χ3v) is 5.98. The lowest BCUT2D eigenvalue weighted by Crippen LogP contribution is -2.46. The molecule has 6 nitrogen and oxygen atoms in total. The van der Waals surface area contributed by atoms with Gasteiger partial charge in [0.05, 0.1) is 4.47 Å². The Hall–Kier alpha value is -1.86. The van der Waals surface area contributed by atoms with Crippen LogP contribution in [0.3, 0.4) is 0 Å². The van der Waals surface area contributed by atoms with Gasteiger partial charge in [0.15, 0.2) is 5.69 Å². The number of carbonyl (C=O) groups excluding carboxylic acids is 1. The van der Waals surface area contributed by atoms with E-state index in [0.717, 1.165) is 55.7 Å². The van der Waals surface area contributed by atoms with Crippen LogP contribution in [0.4, 0.5) is 5.69 Å². The molecule has 0 bridgehead atoms. The minimum atomic E-state index is -0.127. The quantitative estimate of drug-likeness (QED) is 0.658. The van der Waals surface area contributed by atoms with Gasteiger partial charge in [-0.3, -0.25) is 14.8 Å². The molecule has 1 amide bonds. The average Bonchev–Trinajstić information content (AvgIpc) is 3.01.